The first-order valence-corrected chi connectivity index (χ1v) is 10.6. The molecule has 2 aromatic rings. The van der Waals surface area contributed by atoms with Crippen LogP contribution in [-0.4, -0.2) is 38.5 Å². The molecule has 1 aromatic carbocycles. The number of amidine groups is 1. The molecule has 2 atom stereocenters. The molecule has 1 unspecified atom stereocenters. The van der Waals surface area contributed by atoms with Gasteiger partial charge < -0.3 is 15.4 Å². The Balaban J connectivity index is 1.79. The van der Waals surface area contributed by atoms with E-state index in [1.807, 2.05) is 12.2 Å². The number of nitrogens with zero attached hydrogens (tertiary/aromatic N) is 4. The van der Waals surface area contributed by atoms with Crippen molar-refractivity contribution in [2.75, 3.05) is 5.32 Å². The van der Waals surface area contributed by atoms with Crippen molar-refractivity contribution in [3.8, 4) is 11.4 Å². The van der Waals surface area contributed by atoms with Gasteiger partial charge in [0.05, 0.1) is 17.6 Å². The largest absolute Gasteiger partial charge is 0.444 e. The van der Waals surface area contributed by atoms with Gasteiger partial charge in [0.1, 0.15) is 23.6 Å². The van der Waals surface area contributed by atoms with Crippen molar-refractivity contribution in [1.29, 1.82) is 0 Å². The molecule has 1 amide bonds. The fraction of sp³-hybridized carbons (Fsp3) is 0.435. The van der Waals surface area contributed by atoms with Gasteiger partial charge in [-0.05, 0) is 64.3 Å². The summed E-state index contributed by atoms with van der Waals surface area (Å²) in [7, 11) is 0. The number of amides is 1. The van der Waals surface area contributed by atoms with Crippen LogP contribution in [0.3, 0.4) is 0 Å². The van der Waals surface area contributed by atoms with Gasteiger partial charge in [-0.25, -0.2) is 19.2 Å². The molecule has 8 nitrogen and oxygen atoms in total. The molecular weight excluding hydrogens is 411 g/mol. The Labute approximate surface area is 187 Å². The van der Waals surface area contributed by atoms with Crippen LogP contribution in [0.5, 0.6) is 0 Å². The van der Waals surface area contributed by atoms with E-state index >= 15 is 4.39 Å². The molecule has 0 bridgehead atoms. The summed E-state index contributed by atoms with van der Waals surface area (Å²) in [6.07, 6.45) is 5.55. The molecule has 0 saturated carbocycles. The number of carbonyl (C=O) groups is 1. The molecule has 1 aliphatic heterocycles. The monoisotopic (exact) mass is 440 g/mol. The third-order valence-electron chi connectivity index (χ3n) is 4.88. The maximum absolute atomic E-state index is 15.3. The number of rotatable bonds is 5. The van der Waals surface area contributed by atoms with Crippen molar-refractivity contribution in [1.82, 2.24) is 20.3 Å². The zero-order chi connectivity index (χ0) is 23.5. The minimum absolute atomic E-state index is 0.141. The highest BCUT2D eigenvalue weighted by molar-refractivity contribution is 6.04. The minimum Gasteiger partial charge on any atom is -0.444 e. The quantitative estimate of drug-likeness (QED) is 0.697. The normalized spacial score (nSPS) is 16.5. The van der Waals surface area contributed by atoms with Crippen LogP contribution >= 0.6 is 0 Å². The van der Waals surface area contributed by atoms with Crippen LogP contribution in [-0.2, 0) is 4.74 Å². The van der Waals surface area contributed by atoms with Crippen LogP contribution in [0.1, 0.15) is 58.2 Å². The third kappa shape index (κ3) is 5.66. The topological polar surface area (TPSA) is 101 Å². The summed E-state index contributed by atoms with van der Waals surface area (Å²) in [5.74, 6) is 0.693. The Morgan fingerprint density at radius 2 is 2.03 bits per heavy atom. The second-order valence-corrected chi connectivity index (χ2v) is 8.62. The highest BCUT2D eigenvalue weighted by Crippen LogP contribution is 2.28. The second-order valence-electron chi connectivity index (χ2n) is 8.62. The number of aromatic nitrogens is 3. The molecule has 0 radical (unpaired) electrons. The van der Waals surface area contributed by atoms with Gasteiger partial charge in [0, 0.05) is 0 Å². The molecule has 2 heterocycles. The van der Waals surface area contributed by atoms with E-state index in [4.69, 9.17) is 4.74 Å². The molecule has 0 saturated heterocycles. The van der Waals surface area contributed by atoms with Gasteiger partial charge in [-0.15, -0.1) is 0 Å². The van der Waals surface area contributed by atoms with E-state index in [1.54, 1.807) is 46.8 Å². The van der Waals surface area contributed by atoms with E-state index in [0.717, 1.165) is 6.42 Å². The van der Waals surface area contributed by atoms with Crippen LogP contribution < -0.4 is 10.6 Å². The zero-order valence-corrected chi connectivity index (χ0v) is 19.2. The summed E-state index contributed by atoms with van der Waals surface area (Å²) in [5.41, 5.74) is 0.669. The maximum Gasteiger partial charge on any atom is 0.408 e. The number of nitrogens with one attached hydrogen (secondary N) is 2. The first-order chi connectivity index (χ1) is 15.1. The average Bonchev–Trinajstić information content (AvgIpc) is 3.16. The van der Waals surface area contributed by atoms with Crippen molar-refractivity contribution in [3.63, 3.8) is 0 Å². The van der Waals surface area contributed by atoms with E-state index in [-0.39, 0.29) is 23.4 Å². The lowest BCUT2D eigenvalue weighted by Gasteiger charge is -2.23. The van der Waals surface area contributed by atoms with Crippen LogP contribution in [0.2, 0.25) is 0 Å². The van der Waals surface area contributed by atoms with E-state index in [9.17, 15) is 4.79 Å². The molecule has 3 rings (SSSR count). The molecule has 9 heteroatoms. The smallest absolute Gasteiger partial charge is 0.408 e. The van der Waals surface area contributed by atoms with Gasteiger partial charge >= 0.3 is 6.09 Å². The fourth-order valence-electron chi connectivity index (χ4n) is 3.27. The van der Waals surface area contributed by atoms with Crippen molar-refractivity contribution in [2.24, 2.45) is 4.99 Å². The van der Waals surface area contributed by atoms with Crippen LogP contribution in [0, 0.1) is 12.7 Å². The summed E-state index contributed by atoms with van der Waals surface area (Å²) in [5, 5.41) is 5.78. The van der Waals surface area contributed by atoms with Crippen LogP contribution in [0.15, 0.2) is 35.6 Å². The summed E-state index contributed by atoms with van der Waals surface area (Å²) in [6, 6.07) is 3.05. The molecule has 32 heavy (non-hydrogen) atoms. The predicted octanol–water partition coefficient (Wildman–Crippen LogP) is 4.73. The predicted molar refractivity (Wildman–Crippen MR) is 122 cm³/mol. The lowest BCUT2D eigenvalue weighted by molar-refractivity contribution is 0.0507. The molecule has 0 spiro atoms. The highest BCUT2D eigenvalue weighted by atomic mass is 19.1. The number of benzene rings is 1. The number of carbonyl (C=O) groups excluding carboxylic acids is 1. The van der Waals surface area contributed by atoms with Gasteiger partial charge in [0.25, 0.3) is 0 Å². The number of halogens is 1. The average molecular weight is 441 g/mol. The summed E-state index contributed by atoms with van der Waals surface area (Å²) in [4.78, 5) is 29.1. The van der Waals surface area contributed by atoms with Crippen molar-refractivity contribution in [3.05, 3.63) is 47.6 Å². The molecular formula is C23H29FN6O2. The summed E-state index contributed by atoms with van der Waals surface area (Å²) in [6.45, 7) is 10.8. The number of hydrogen-bond donors (Lipinski definition) is 2. The standard InChI is InChI=1S/C23H29FN6O2/c1-7-15-8-11-18(28-15)29-21-26-12-25-20(30-21)17-10-9-16(13(2)19(17)24)14(3)27-22(31)32-23(4,5)6/h8-12,14-15H,7H2,1-6H3,(H,27,31)(H,25,26,28,29,30)/t14-,15?/m1/s1. The first-order valence-electron chi connectivity index (χ1n) is 10.6. The van der Waals surface area contributed by atoms with E-state index in [2.05, 4.69) is 37.5 Å². The molecule has 1 aliphatic rings. The van der Waals surface area contributed by atoms with Gasteiger partial charge in [0.15, 0.2) is 5.82 Å². The van der Waals surface area contributed by atoms with Crippen molar-refractivity contribution < 1.29 is 13.9 Å². The van der Waals surface area contributed by atoms with Crippen molar-refractivity contribution in [2.45, 2.75) is 65.6 Å². The number of alkyl carbamates (subject to hydrolysis) is 1. The Kier molecular flexibility index (Phi) is 6.86. The van der Waals surface area contributed by atoms with E-state index in [1.165, 1.54) is 6.33 Å². The molecule has 2 N–H and O–H groups in total. The third-order valence-corrected chi connectivity index (χ3v) is 4.88. The van der Waals surface area contributed by atoms with E-state index in [0.29, 0.717) is 17.0 Å². The number of hydrogen-bond acceptors (Lipinski definition) is 7. The number of aliphatic imine (C=N–C) groups is 1. The van der Waals surface area contributed by atoms with Gasteiger partial charge in [-0.1, -0.05) is 19.1 Å². The Hall–Kier alpha value is -3.36. The molecule has 170 valence electrons. The van der Waals surface area contributed by atoms with Crippen LogP contribution in [0.25, 0.3) is 11.4 Å². The SMILES string of the molecule is CCC1C=CC(Nc2ncnc(-c3ccc([C@@H](C)NC(=O)OC(C)(C)C)c(C)c3F)n2)=N1. The molecule has 0 aliphatic carbocycles. The molecule has 1 aromatic heterocycles. The number of anilines is 1. The summed E-state index contributed by atoms with van der Waals surface area (Å²) >= 11 is 0. The Morgan fingerprint density at radius 1 is 1.28 bits per heavy atom. The van der Waals surface area contributed by atoms with E-state index < -0.39 is 23.6 Å². The maximum atomic E-state index is 15.3. The Bertz CT molecular complexity index is 1060. The zero-order valence-electron chi connectivity index (χ0n) is 19.2. The van der Waals surface area contributed by atoms with Crippen molar-refractivity contribution >= 4 is 17.9 Å². The van der Waals surface area contributed by atoms with Gasteiger partial charge in [-0.2, -0.15) is 4.98 Å². The second kappa shape index (κ2) is 9.42. The minimum atomic E-state index is -0.615. The lowest BCUT2D eigenvalue weighted by atomic mass is 9.98. The first kappa shape index (κ1) is 23.3. The Morgan fingerprint density at radius 3 is 2.69 bits per heavy atom. The highest BCUT2D eigenvalue weighted by Gasteiger charge is 2.22. The molecule has 0 fully saturated rings. The lowest BCUT2D eigenvalue weighted by Crippen LogP contribution is -2.34. The van der Waals surface area contributed by atoms with Gasteiger partial charge in [0.2, 0.25) is 5.95 Å². The summed E-state index contributed by atoms with van der Waals surface area (Å²) < 4.78 is 20.5. The fourth-order valence-corrected chi connectivity index (χ4v) is 3.27. The van der Waals surface area contributed by atoms with Gasteiger partial charge in [-0.3, -0.25) is 4.99 Å². The van der Waals surface area contributed by atoms with Crippen LogP contribution in [0.4, 0.5) is 15.1 Å². The number of ether oxygens (including phenoxy) is 1.